The number of nitrogens with one attached hydrogen (secondary N) is 1. The Hall–Kier alpha value is -6.04. The average Bonchev–Trinajstić information content (AvgIpc) is 3.76. The van der Waals surface area contributed by atoms with Crippen LogP contribution in [0.25, 0.3) is 27.0 Å². The van der Waals surface area contributed by atoms with Gasteiger partial charge in [-0.1, -0.05) is 60.1 Å². The molecule has 0 bridgehead atoms. The number of carboxylic acids is 2. The summed E-state index contributed by atoms with van der Waals surface area (Å²) in [4.78, 5) is 40.6. The zero-order valence-corrected chi connectivity index (χ0v) is 29.7. The minimum absolute atomic E-state index is 0.0979. The van der Waals surface area contributed by atoms with E-state index in [9.17, 15) is 27.6 Å². The lowest BCUT2D eigenvalue weighted by molar-refractivity contribution is -0.198. The molecule has 3 aromatic carbocycles. The van der Waals surface area contributed by atoms with Crippen molar-refractivity contribution in [2.24, 2.45) is 5.73 Å². The van der Waals surface area contributed by atoms with Crippen molar-refractivity contribution in [2.45, 2.75) is 31.7 Å². The normalized spacial score (nSPS) is 12.3. The topological polar surface area (TPSA) is 209 Å². The molecule has 13 nitrogen and oxygen atoms in total. The molecule has 1 unspecified atom stereocenters. The quantitative estimate of drug-likeness (QED) is 0.0996. The van der Waals surface area contributed by atoms with E-state index in [1.807, 2.05) is 0 Å². The summed E-state index contributed by atoms with van der Waals surface area (Å²) in [5, 5.41) is 25.8. The third kappa shape index (κ3) is 9.68. The van der Waals surface area contributed by atoms with Crippen LogP contribution in [0, 0.1) is 6.92 Å². The van der Waals surface area contributed by atoms with Gasteiger partial charge in [-0.15, -0.1) is 11.3 Å². The number of halogens is 4. The molecular weight excluding hydrogens is 751 g/mol. The van der Waals surface area contributed by atoms with E-state index in [2.05, 4.69) is 20.4 Å². The Morgan fingerprint density at radius 3 is 2.33 bits per heavy atom. The van der Waals surface area contributed by atoms with Gasteiger partial charge in [0.05, 0.1) is 16.9 Å². The number of fused-ring (bicyclic) bond motifs is 1. The van der Waals surface area contributed by atoms with Crippen LogP contribution in [0.2, 0.25) is 5.02 Å². The second kappa shape index (κ2) is 16.7. The van der Waals surface area contributed by atoms with Crippen LogP contribution in [0.15, 0.2) is 90.4 Å². The van der Waals surface area contributed by atoms with Gasteiger partial charge < -0.3 is 31.7 Å². The van der Waals surface area contributed by atoms with Gasteiger partial charge in [-0.2, -0.15) is 23.3 Å². The van der Waals surface area contributed by atoms with Gasteiger partial charge in [0, 0.05) is 33.3 Å². The molecule has 1 amide bonds. The van der Waals surface area contributed by atoms with Gasteiger partial charge in [0.1, 0.15) is 17.3 Å². The number of aryl methyl sites for hydroxylation is 1. The van der Waals surface area contributed by atoms with Crippen molar-refractivity contribution in [3.8, 4) is 22.7 Å². The first-order valence-corrected chi connectivity index (χ1v) is 17.1. The number of aromatic nitrogens is 4. The smallest absolute Gasteiger partial charge is 0.429 e. The van der Waals surface area contributed by atoms with E-state index < -0.39 is 30.3 Å². The van der Waals surface area contributed by atoms with Gasteiger partial charge in [0.15, 0.2) is 0 Å². The summed E-state index contributed by atoms with van der Waals surface area (Å²) in [6, 6.07) is 20.0. The molecule has 0 aliphatic carbocycles. The third-order valence-electron chi connectivity index (χ3n) is 7.65. The van der Waals surface area contributed by atoms with Crippen molar-refractivity contribution in [3.63, 3.8) is 0 Å². The maximum atomic E-state index is 14.5. The van der Waals surface area contributed by atoms with Crippen LogP contribution < -0.4 is 21.5 Å². The molecule has 6 rings (SSSR count). The van der Waals surface area contributed by atoms with E-state index in [4.69, 9.17) is 38.0 Å². The molecule has 0 saturated heterocycles. The number of hydrogen-bond donors (Lipinski definition) is 5. The lowest BCUT2D eigenvalue weighted by Gasteiger charge is -2.24. The van der Waals surface area contributed by atoms with Crippen LogP contribution in [0.5, 0.6) is 5.88 Å². The van der Waals surface area contributed by atoms with Crippen LogP contribution in [-0.2, 0) is 16.0 Å². The minimum atomic E-state index is -4.84. The highest BCUT2D eigenvalue weighted by molar-refractivity contribution is 7.18. The number of carbonyl (C=O) groups excluding carboxylic acids is 1. The molecule has 0 radical (unpaired) electrons. The van der Waals surface area contributed by atoms with Crippen molar-refractivity contribution in [3.05, 3.63) is 118 Å². The van der Waals surface area contributed by atoms with Crippen LogP contribution in [0.4, 0.5) is 19.1 Å². The van der Waals surface area contributed by atoms with E-state index in [1.54, 1.807) is 73.0 Å². The monoisotopic (exact) mass is 781 g/mol. The number of rotatable bonds is 11. The highest BCUT2D eigenvalue weighted by Crippen LogP contribution is 2.43. The van der Waals surface area contributed by atoms with Gasteiger partial charge in [-0.3, -0.25) is 14.4 Å². The minimum Gasteiger partial charge on any atom is -0.480 e. The predicted molar refractivity (Wildman–Crippen MR) is 196 cm³/mol. The Balaban J connectivity index is 0.000000365. The number of aliphatic carboxylic acids is 2. The van der Waals surface area contributed by atoms with E-state index in [0.29, 0.717) is 33.5 Å². The molecule has 54 heavy (non-hydrogen) atoms. The summed E-state index contributed by atoms with van der Waals surface area (Å²) in [5.74, 6) is -3.13. The molecule has 0 saturated carbocycles. The van der Waals surface area contributed by atoms with E-state index in [-0.39, 0.29) is 51.7 Å². The molecule has 280 valence electrons. The van der Waals surface area contributed by atoms with E-state index >= 15 is 0 Å². The number of carbonyl (C=O) groups is 3. The fourth-order valence-electron chi connectivity index (χ4n) is 5.11. The number of alkyl halides is 3. The van der Waals surface area contributed by atoms with E-state index in [1.165, 1.54) is 29.1 Å². The highest BCUT2D eigenvalue weighted by Gasteiger charge is 2.45. The lowest BCUT2D eigenvalue weighted by Crippen LogP contribution is -2.32. The number of carboxylic acid groups (broad SMARTS) is 2. The second-order valence-electron chi connectivity index (χ2n) is 11.6. The standard InChI is InChI=1S/C27H22ClF3N6O3S.C9H9NO3/c1-13-8-9-37(36-13)20-11-16(28)6-7-17(20)23(27(29,30)31)40-24-22-21(34-26(33)35-24)18(12-41-22)15-4-2-14(3-5-15)10-19(32)25(38)39;11-8(12)6-10-9(13)7-4-2-1-3-5-7/h2-9,11-12,19,23H,10,32H2,1H3,(H,38,39)(H2,33,34,35);1-5H,6H2,(H,10,13)(H,11,12)/t19?,23-;/m1./s1. The van der Waals surface area contributed by atoms with Crippen molar-refractivity contribution in [2.75, 3.05) is 12.3 Å². The number of nitrogens with two attached hydrogens (primary N) is 2. The molecule has 3 heterocycles. The van der Waals surface area contributed by atoms with Crippen molar-refractivity contribution < 1.29 is 42.5 Å². The molecule has 0 fully saturated rings. The molecule has 7 N–H and O–H groups in total. The summed E-state index contributed by atoms with van der Waals surface area (Å²) >= 11 is 7.24. The molecular formula is C36H31ClF3N7O6S. The van der Waals surface area contributed by atoms with Gasteiger partial charge in [-0.05, 0) is 54.8 Å². The number of anilines is 1. The molecule has 18 heteroatoms. The van der Waals surface area contributed by atoms with Crippen molar-refractivity contribution >= 4 is 56.9 Å². The van der Waals surface area contributed by atoms with Crippen LogP contribution in [0.1, 0.15) is 33.3 Å². The Labute approximate surface area is 314 Å². The number of nitrogen functional groups attached to an aromatic ring is 1. The molecule has 0 aliphatic rings. The molecule has 3 aromatic heterocycles. The van der Waals surface area contributed by atoms with Gasteiger partial charge in [-0.25, -0.2) is 9.67 Å². The van der Waals surface area contributed by atoms with Gasteiger partial charge in [0.25, 0.3) is 5.91 Å². The van der Waals surface area contributed by atoms with Gasteiger partial charge >= 0.3 is 18.1 Å². The Kier molecular flexibility index (Phi) is 12.1. The summed E-state index contributed by atoms with van der Waals surface area (Å²) < 4.78 is 50.8. The van der Waals surface area contributed by atoms with Crippen LogP contribution >= 0.6 is 22.9 Å². The number of hydrogen-bond acceptors (Lipinski definition) is 10. The fraction of sp³-hybridized carbons (Fsp3) is 0.167. The molecule has 6 aromatic rings. The number of thiophene rings is 1. The Morgan fingerprint density at radius 1 is 1.02 bits per heavy atom. The summed E-state index contributed by atoms with van der Waals surface area (Å²) in [5.41, 5.74) is 14.8. The maximum absolute atomic E-state index is 14.5. The van der Waals surface area contributed by atoms with Crippen molar-refractivity contribution in [1.82, 2.24) is 25.1 Å². The van der Waals surface area contributed by atoms with Crippen LogP contribution in [-0.4, -0.2) is 66.6 Å². The first-order valence-electron chi connectivity index (χ1n) is 15.8. The zero-order chi connectivity index (χ0) is 39.2. The maximum Gasteiger partial charge on any atom is 0.429 e. The van der Waals surface area contributed by atoms with Crippen molar-refractivity contribution in [1.29, 1.82) is 0 Å². The first kappa shape index (κ1) is 39.2. The number of benzene rings is 3. The predicted octanol–water partition coefficient (Wildman–Crippen LogP) is 6.23. The number of amides is 1. The first-order chi connectivity index (χ1) is 25.6. The van der Waals surface area contributed by atoms with E-state index in [0.717, 1.165) is 11.3 Å². The summed E-state index contributed by atoms with van der Waals surface area (Å²) in [7, 11) is 0. The average molecular weight is 782 g/mol. The largest absolute Gasteiger partial charge is 0.480 e. The van der Waals surface area contributed by atoms with Gasteiger partial charge in [0.2, 0.25) is 17.9 Å². The SMILES string of the molecule is Cc1ccn(-c2cc(Cl)ccc2[C@@H](Oc2nc(N)nc3c(-c4ccc(CC(N)C(=O)O)cc4)csc23)C(F)(F)F)n1.O=C(O)CNC(=O)c1ccccc1. The number of ether oxygens (including phenoxy) is 1. The third-order valence-corrected chi connectivity index (χ3v) is 8.84. The molecule has 2 atom stereocenters. The molecule has 0 spiro atoms. The Bertz CT molecular complexity index is 2280. The highest BCUT2D eigenvalue weighted by atomic mass is 35.5. The fourth-order valence-corrected chi connectivity index (χ4v) is 6.22. The number of nitrogens with zero attached hydrogens (tertiary/aromatic N) is 4. The Morgan fingerprint density at radius 2 is 1.72 bits per heavy atom. The molecule has 0 aliphatic heterocycles. The summed E-state index contributed by atoms with van der Waals surface area (Å²) in [6.07, 6.45) is -5.61. The second-order valence-corrected chi connectivity index (χ2v) is 13.0. The lowest BCUT2D eigenvalue weighted by atomic mass is 10.0. The zero-order valence-electron chi connectivity index (χ0n) is 28.1. The summed E-state index contributed by atoms with van der Waals surface area (Å²) in [6.45, 7) is 1.36. The van der Waals surface area contributed by atoms with Crippen LogP contribution in [0.3, 0.4) is 0 Å².